The summed E-state index contributed by atoms with van der Waals surface area (Å²) in [6.07, 6.45) is 10.2. The smallest absolute Gasteiger partial charge is 0.227 e. The molecule has 0 aromatic carbocycles. The number of hydrogen-bond acceptors (Lipinski definition) is 3. The SMILES string of the molecule is Cn1cc(CC(=O)N2CCC(Cc3cnn(C)c3)C2)cn1. The van der Waals surface area contributed by atoms with Crippen molar-refractivity contribution in [2.24, 2.45) is 20.0 Å². The van der Waals surface area contributed by atoms with Crippen LogP contribution < -0.4 is 0 Å². The summed E-state index contributed by atoms with van der Waals surface area (Å²) in [5.74, 6) is 0.753. The normalized spacial score (nSPS) is 18.4. The maximum atomic E-state index is 12.3. The van der Waals surface area contributed by atoms with Gasteiger partial charge >= 0.3 is 0 Å². The van der Waals surface area contributed by atoms with Crippen LogP contribution in [-0.2, 0) is 31.7 Å². The molecule has 0 spiro atoms. The van der Waals surface area contributed by atoms with E-state index in [-0.39, 0.29) is 5.91 Å². The lowest BCUT2D eigenvalue weighted by atomic mass is 10.0. The molecular weight excluding hydrogens is 266 g/mol. The highest BCUT2D eigenvalue weighted by atomic mass is 16.2. The Balaban J connectivity index is 1.53. The summed E-state index contributed by atoms with van der Waals surface area (Å²) >= 11 is 0. The molecule has 1 aliphatic rings. The summed E-state index contributed by atoms with van der Waals surface area (Å²) in [5.41, 5.74) is 2.24. The molecule has 6 heteroatoms. The third-order valence-electron chi connectivity index (χ3n) is 4.03. The van der Waals surface area contributed by atoms with E-state index < -0.39 is 0 Å². The van der Waals surface area contributed by atoms with Gasteiger partial charge in [0.1, 0.15) is 0 Å². The van der Waals surface area contributed by atoms with E-state index in [0.29, 0.717) is 12.3 Å². The molecule has 0 N–H and O–H groups in total. The molecule has 1 unspecified atom stereocenters. The number of hydrogen-bond donors (Lipinski definition) is 0. The van der Waals surface area contributed by atoms with E-state index in [1.807, 2.05) is 36.1 Å². The molecule has 3 rings (SSSR count). The van der Waals surface area contributed by atoms with Crippen molar-refractivity contribution < 1.29 is 4.79 Å². The fourth-order valence-electron chi connectivity index (χ4n) is 2.99. The Kier molecular flexibility index (Phi) is 3.77. The minimum Gasteiger partial charge on any atom is -0.342 e. The molecule has 2 aromatic rings. The van der Waals surface area contributed by atoms with Gasteiger partial charge < -0.3 is 4.90 Å². The first-order valence-corrected chi connectivity index (χ1v) is 7.33. The second kappa shape index (κ2) is 5.71. The van der Waals surface area contributed by atoms with E-state index in [1.165, 1.54) is 5.56 Å². The van der Waals surface area contributed by atoms with Crippen LogP contribution >= 0.6 is 0 Å². The Bertz CT molecular complexity index is 630. The summed E-state index contributed by atoms with van der Waals surface area (Å²) in [6, 6.07) is 0. The van der Waals surface area contributed by atoms with E-state index in [4.69, 9.17) is 0 Å². The summed E-state index contributed by atoms with van der Waals surface area (Å²) in [5, 5.41) is 8.30. The number of likely N-dealkylation sites (tertiary alicyclic amines) is 1. The molecule has 1 atom stereocenters. The monoisotopic (exact) mass is 287 g/mol. The lowest BCUT2D eigenvalue weighted by molar-refractivity contribution is -0.129. The number of carbonyl (C=O) groups excluding carboxylic acids is 1. The molecule has 0 bridgehead atoms. The average molecular weight is 287 g/mol. The molecule has 21 heavy (non-hydrogen) atoms. The van der Waals surface area contributed by atoms with E-state index in [9.17, 15) is 4.79 Å². The van der Waals surface area contributed by atoms with Crippen molar-refractivity contribution in [3.63, 3.8) is 0 Å². The van der Waals surface area contributed by atoms with Crippen LogP contribution in [0, 0.1) is 5.92 Å². The first-order valence-electron chi connectivity index (χ1n) is 7.33. The number of aryl methyl sites for hydroxylation is 2. The number of aromatic nitrogens is 4. The molecule has 1 saturated heterocycles. The van der Waals surface area contributed by atoms with Crippen LogP contribution in [0.4, 0.5) is 0 Å². The third-order valence-corrected chi connectivity index (χ3v) is 4.03. The predicted octanol–water partition coefficient (Wildman–Crippen LogP) is 0.787. The number of carbonyl (C=O) groups is 1. The Morgan fingerprint density at radius 1 is 1.19 bits per heavy atom. The minimum atomic E-state index is 0.205. The van der Waals surface area contributed by atoms with Crippen molar-refractivity contribution in [2.75, 3.05) is 13.1 Å². The molecule has 0 aliphatic carbocycles. The first-order chi connectivity index (χ1) is 10.1. The van der Waals surface area contributed by atoms with E-state index >= 15 is 0 Å². The molecule has 6 nitrogen and oxygen atoms in total. The summed E-state index contributed by atoms with van der Waals surface area (Å²) in [7, 11) is 3.80. The van der Waals surface area contributed by atoms with Crippen LogP contribution in [0.25, 0.3) is 0 Å². The average Bonchev–Trinajstić information content (AvgIpc) is 3.13. The van der Waals surface area contributed by atoms with E-state index in [0.717, 1.165) is 31.5 Å². The van der Waals surface area contributed by atoms with Gasteiger partial charge in [0.2, 0.25) is 5.91 Å². The fraction of sp³-hybridized carbons (Fsp3) is 0.533. The predicted molar refractivity (Wildman–Crippen MR) is 78.5 cm³/mol. The summed E-state index contributed by atoms with van der Waals surface area (Å²) < 4.78 is 3.56. The topological polar surface area (TPSA) is 56.0 Å². The van der Waals surface area contributed by atoms with Crippen molar-refractivity contribution in [1.82, 2.24) is 24.5 Å². The Labute approximate surface area is 124 Å². The van der Waals surface area contributed by atoms with Crippen LogP contribution in [0.5, 0.6) is 0 Å². The number of rotatable bonds is 4. The highest BCUT2D eigenvalue weighted by Crippen LogP contribution is 2.21. The lowest BCUT2D eigenvalue weighted by Gasteiger charge is -2.16. The van der Waals surface area contributed by atoms with Gasteiger partial charge in [-0.15, -0.1) is 0 Å². The van der Waals surface area contributed by atoms with Gasteiger partial charge in [-0.05, 0) is 29.9 Å². The molecule has 2 aromatic heterocycles. The third kappa shape index (κ3) is 3.32. The standard InChI is InChI=1S/C15H21N5O/c1-18-9-13(7-16-18)5-12-3-4-20(11-12)15(21)6-14-8-17-19(2)10-14/h7-10,12H,3-6,11H2,1-2H3. The maximum Gasteiger partial charge on any atom is 0.227 e. The van der Waals surface area contributed by atoms with Crippen LogP contribution in [-0.4, -0.2) is 43.5 Å². The van der Waals surface area contributed by atoms with Crippen LogP contribution in [0.15, 0.2) is 24.8 Å². The van der Waals surface area contributed by atoms with Crippen LogP contribution in [0.2, 0.25) is 0 Å². The Morgan fingerprint density at radius 3 is 2.48 bits per heavy atom. The first kappa shape index (κ1) is 13.9. The van der Waals surface area contributed by atoms with Crippen LogP contribution in [0.3, 0.4) is 0 Å². The number of amides is 1. The largest absolute Gasteiger partial charge is 0.342 e. The minimum absolute atomic E-state index is 0.205. The van der Waals surface area contributed by atoms with Crippen molar-refractivity contribution in [2.45, 2.75) is 19.3 Å². The maximum absolute atomic E-state index is 12.3. The zero-order chi connectivity index (χ0) is 14.8. The number of nitrogens with zero attached hydrogens (tertiary/aromatic N) is 5. The van der Waals surface area contributed by atoms with Gasteiger partial charge in [-0.1, -0.05) is 0 Å². The van der Waals surface area contributed by atoms with Crippen molar-refractivity contribution in [3.8, 4) is 0 Å². The zero-order valence-electron chi connectivity index (χ0n) is 12.6. The second-order valence-electron chi connectivity index (χ2n) is 5.92. The van der Waals surface area contributed by atoms with Gasteiger partial charge in [0.15, 0.2) is 0 Å². The Hall–Kier alpha value is -2.11. The van der Waals surface area contributed by atoms with E-state index in [1.54, 1.807) is 10.9 Å². The Morgan fingerprint density at radius 2 is 1.86 bits per heavy atom. The van der Waals surface area contributed by atoms with Gasteiger partial charge in [-0.25, -0.2) is 0 Å². The van der Waals surface area contributed by atoms with Crippen molar-refractivity contribution in [1.29, 1.82) is 0 Å². The molecule has 112 valence electrons. The second-order valence-corrected chi connectivity index (χ2v) is 5.92. The molecule has 1 aliphatic heterocycles. The highest BCUT2D eigenvalue weighted by molar-refractivity contribution is 5.78. The molecule has 0 saturated carbocycles. The van der Waals surface area contributed by atoms with Crippen molar-refractivity contribution >= 4 is 5.91 Å². The van der Waals surface area contributed by atoms with Gasteiger partial charge in [0.25, 0.3) is 0 Å². The fourth-order valence-corrected chi connectivity index (χ4v) is 2.99. The van der Waals surface area contributed by atoms with Crippen molar-refractivity contribution in [3.05, 3.63) is 35.9 Å². The molecular formula is C15H21N5O. The van der Waals surface area contributed by atoms with Gasteiger partial charge in [-0.2, -0.15) is 10.2 Å². The van der Waals surface area contributed by atoms with Gasteiger partial charge in [0, 0.05) is 39.6 Å². The van der Waals surface area contributed by atoms with Gasteiger partial charge in [0.05, 0.1) is 18.8 Å². The highest BCUT2D eigenvalue weighted by Gasteiger charge is 2.26. The van der Waals surface area contributed by atoms with Gasteiger partial charge in [-0.3, -0.25) is 14.2 Å². The summed E-state index contributed by atoms with van der Waals surface area (Å²) in [4.78, 5) is 14.3. The molecule has 1 fully saturated rings. The molecule has 1 amide bonds. The van der Waals surface area contributed by atoms with Crippen LogP contribution in [0.1, 0.15) is 17.5 Å². The molecule has 0 radical (unpaired) electrons. The lowest BCUT2D eigenvalue weighted by Crippen LogP contribution is -2.30. The summed E-state index contributed by atoms with van der Waals surface area (Å²) in [6.45, 7) is 1.72. The van der Waals surface area contributed by atoms with E-state index in [2.05, 4.69) is 16.4 Å². The quantitative estimate of drug-likeness (QED) is 0.835. The zero-order valence-corrected chi connectivity index (χ0v) is 12.6. The molecule has 3 heterocycles.